The number of nitrogens with zero attached hydrogens (tertiary/aromatic N) is 1. The van der Waals surface area contributed by atoms with Crippen LogP contribution in [0.15, 0.2) is 22.7 Å². The number of rotatable bonds is 2. The number of hydrogen-bond donors (Lipinski definition) is 1. The summed E-state index contributed by atoms with van der Waals surface area (Å²) in [6, 6.07) is 6.23. The summed E-state index contributed by atoms with van der Waals surface area (Å²) >= 11 is 3.05. The van der Waals surface area contributed by atoms with E-state index in [1.807, 2.05) is 6.07 Å². The second kappa shape index (κ2) is 4.35. The molecule has 2 N–H and O–H groups in total. The van der Waals surface area contributed by atoms with Gasteiger partial charge in [-0.3, -0.25) is 0 Å². The van der Waals surface area contributed by atoms with Crippen molar-refractivity contribution in [2.45, 2.75) is 12.5 Å². The van der Waals surface area contributed by atoms with Gasteiger partial charge >= 0.3 is 0 Å². The Kier molecular flexibility index (Phi) is 3.40. The molecule has 68 valence electrons. The minimum absolute atomic E-state index is 0.118. The van der Waals surface area contributed by atoms with Crippen molar-refractivity contribution in [2.24, 2.45) is 5.73 Å². The molecule has 1 aromatic carbocycles. The Morgan fingerprint density at radius 3 is 2.92 bits per heavy atom. The van der Waals surface area contributed by atoms with Gasteiger partial charge in [-0.1, -0.05) is 12.1 Å². The Hall–Kier alpha value is -0.920. The van der Waals surface area contributed by atoms with Crippen LogP contribution in [-0.4, -0.2) is 0 Å². The van der Waals surface area contributed by atoms with E-state index in [9.17, 15) is 4.39 Å². The summed E-state index contributed by atoms with van der Waals surface area (Å²) in [4.78, 5) is 0. The fourth-order valence-electron chi connectivity index (χ4n) is 1.02. The zero-order valence-corrected chi connectivity index (χ0v) is 8.38. The zero-order valence-electron chi connectivity index (χ0n) is 6.80. The van der Waals surface area contributed by atoms with Crippen molar-refractivity contribution in [1.82, 2.24) is 0 Å². The third-order valence-electron chi connectivity index (χ3n) is 1.69. The molecule has 0 aromatic heterocycles. The molecular formula is C9H8BrFN2. The molecule has 0 amide bonds. The summed E-state index contributed by atoms with van der Waals surface area (Å²) < 4.78 is 13.7. The lowest BCUT2D eigenvalue weighted by molar-refractivity contribution is 0.579. The molecule has 0 bridgehead atoms. The number of halogens is 2. The van der Waals surface area contributed by atoms with Gasteiger partial charge in [0.25, 0.3) is 0 Å². The molecule has 0 aliphatic rings. The highest BCUT2D eigenvalue weighted by atomic mass is 79.9. The topological polar surface area (TPSA) is 49.8 Å². The van der Waals surface area contributed by atoms with Gasteiger partial charge in [0, 0.05) is 11.6 Å². The van der Waals surface area contributed by atoms with E-state index >= 15 is 0 Å². The molecule has 1 unspecified atom stereocenters. The van der Waals surface area contributed by atoms with Gasteiger partial charge in [0.15, 0.2) is 0 Å². The Morgan fingerprint density at radius 2 is 2.31 bits per heavy atom. The van der Waals surface area contributed by atoms with E-state index < -0.39 is 6.04 Å². The maximum absolute atomic E-state index is 13.3. The second-order valence-electron chi connectivity index (χ2n) is 2.61. The first-order valence-electron chi connectivity index (χ1n) is 3.73. The van der Waals surface area contributed by atoms with Gasteiger partial charge in [0.1, 0.15) is 5.82 Å². The van der Waals surface area contributed by atoms with Crippen LogP contribution in [0.5, 0.6) is 0 Å². The normalized spacial score (nSPS) is 12.2. The molecule has 0 spiro atoms. The fourth-order valence-corrected chi connectivity index (χ4v) is 1.40. The smallest absolute Gasteiger partial charge is 0.142 e. The molecule has 0 heterocycles. The minimum atomic E-state index is -0.553. The molecule has 13 heavy (non-hydrogen) atoms. The monoisotopic (exact) mass is 242 g/mol. The van der Waals surface area contributed by atoms with Gasteiger partial charge in [0.2, 0.25) is 0 Å². The SMILES string of the molecule is N#CCC(N)c1cccc(Br)c1F. The van der Waals surface area contributed by atoms with E-state index in [2.05, 4.69) is 15.9 Å². The van der Waals surface area contributed by atoms with Gasteiger partial charge in [-0.05, 0) is 22.0 Å². The van der Waals surface area contributed by atoms with Crippen molar-refractivity contribution in [2.75, 3.05) is 0 Å². The van der Waals surface area contributed by atoms with Crippen molar-refractivity contribution >= 4 is 15.9 Å². The Bertz CT molecular complexity index is 346. The lowest BCUT2D eigenvalue weighted by Gasteiger charge is -2.09. The van der Waals surface area contributed by atoms with Crippen molar-refractivity contribution in [3.63, 3.8) is 0 Å². The Morgan fingerprint density at radius 1 is 1.62 bits per heavy atom. The molecule has 4 heteroatoms. The van der Waals surface area contributed by atoms with E-state index in [-0.39, 0.29) is 12.2 Å². The van der Waals surface area contributed by atoms with Crippen molar-refractivity contribution in [3.8, 4) is 6.07 Å². The first kappa shape index (κ1) is 10.2. The predicted molar refractivity (Wildman–Crippen MR) is 51.3 cm³/mol. The van der Waals surface area contributed by atoms with Crippen LogP contribution in [0.3, 0.4) is 0 Å². The van der Waals surface area contributed by atoms with Crippen LogP contribution in [0.2, 0.25) is 0 Å². The first-order chi connectivity index (χ1) is 6.16. The summed E-state index contributed by atoms with van der Waals surface area (Å²) in [6.45, 7) is 0. The quantitative estimate of drug-likeness (QED) is 0.867. The number of hydrogen-bond acceptors (Lipinski definition) is 2. The maximum atomic E-state index is 13.3. The maximum Gasteiger partial charge on any atom is 0.142 e. The Balaban J connectivity index is 3.02. The molecule has 0 fully saturated rings. The van der Waals surface area contributed by atoms with E-state index in [1.54, 1.807) is 18.2 Å². The van der Waals surface area contributed by atoms with Gasteiger partial charge in [-0.25, -0.2) is 4.39 Å². The summed E-state index contributed by atoms with van der Waals surface area (Å²) in [5.74, 6) is -0.384. The molecule has 0 saturated carbocycles. The van der Waals surface area contributed by atoms with E-state index in [4.69, 9.17) is 11.0 Å². The highest BCUT2D eigenvalue weighted by Crippen LogP contribution is 2.23. The molecule has 0 saturated heterocycles. The van der Waals surface area contributed by atoms with Gasteiger partial charge < -0.3 is 5.73 Å². The highest BCUT2D eigenvalue weighted by molar-refractivity contribution is 9.10. The van der Waals surface area contributed by atoms with Crippen LogP contribution in [0.25, 0.3) is 0 Å². The van der Waals surface area contributed by atoms with Crippen LogP contribution in [-0.2, 0) is 0 Å². The minimum Gasteiger partial charge on any atom is -0.323 e. The standard InChI is InChI=1S/C9H8BrFN2/c10-7-3-1-2-6(9(7)11)8(13)4-5-12/h1-3,8H,4,13H2. The van der Waals surface area contributed by atoms with Crippen LogP contribution in [0.4, 0.5) is 4.39 Å². The van der Waals surface area contributed by atoms with E-state index in [0.717, 1.165) is 0 Å². The average Bonchev–Trinajstić information content (AvgIpc) is 2.10. The third kappa shape index (κ3) is 2.27. The summed E-state index contributed by atoms with van der Waals surface area (Å²) in [6.07, 6.45) is 0.118. The predicted octanol–water partition coefficient (Wildman–Crippen LogP) is 2.50. The average molecular weight is 243 g/mol. The second-order valence-corrected chi connectivity index (χ2v) is 3.47. The zero-order chi connectivity index (χ0) is 9.84. The van der Waals surface area contributed by atoms with E-state index in [0.29, 0.717) is 10.0 Å². The molecular weight excluding hydrogens is 235 g/mol. The lowest BCUT2D eigenvalue weighted by Crippen LogP contribution is -2.11. The molecule has 1 rings (SSSR count). The van der Waals surface area contributed by atoms with Crippen LogP contribution in [0, 0.1) is 17.1 Å². The molecule has 0 radical (unpaired) electrons. The molecule has 2 nitrogen and oxygen atoms in total. The summed E-state index contributed by atoms with van der Waals surface area (Å²) in [5.41, 5.74) is 5.96. The molecule has 1 aromatic rings. The largest absolute Gasteiger partial charge is 0.323 e. The molecule has 0 aliphatic heterocycles. The first-order valence-corrected chi connectivity index (χ1v) is 4.52. The van der Waals surface area contributed by atoms with Crippen LogP contribution in [0.1, 0.15) is 18.0 Å². The van der Waals surface area contributed by atoms with Crippen LogP contribution >= 0.6 is 15.9 Å². The number of nitriles is 1. The van der Waals surface area contributed by atoms with Crippen molar-refractivity contribution < 1.29 is 4.39 Å². The van der Waals surface area contributed by atoms with Gasteiger partial charge in [-0.2, -0.15) is 5.26 Å². The fraction of sp³-hybridized carbons (Fsp3) is 0.222. The third-order valence-corrected chi connectivity index (χ3v) is 2.30. The lowest BCUT2D eigenvalue weighted by atomic mass is 10.1. The Labute approximate surface area is 84.3 Å². The van der Waals surface area contributed by atoms with Crippen LogP contribution < -0.4 is 5.73 Å². The summed E-state index contributed by atoms with van der Waals surface area (Å²) in [5, 5.41) is 8.39. The number of nitrogens with two attached hydrogens (primary N) is 1. The molecule has 1 atom stereocenters. The number of benzene rings is 1. The summed E-state index contributed by atoms with van der Waals surface area (Å²) in [7, 11) is 0. The highest BCUT2D eigenvalue weighted by Gasteiger charge is 2.12. The van der Waals surface area contributed by atoms with E-state index in [1.165, 1.54) is 0 Å². The van der Waals surface area contributed by atoms with Gasteiger partial charge in [0.05, 0.1) is 17.0 Å². The van der Waals surface area contributed by atoms with Gasteiger partial charge in [-0.15, -0.1) is 0 Å². The van der Waals surface area contributed by atoms with Crippen molar-refractivity contribution in [1.29, 1.82) is 5.26 Å². The molecule has 0 aliphatic carbocycles. The van der Waals surface area contributed by atoms with Crippen molar-refractivity contribution in [3.05, 3.63) is 34.1 Å².